The van der Waals surface area contributed by atoms with Gasteiger partial charge in [0.25, 0.3) is 0 Å². The minimum absolute atomic E-state index is 0.0851. The lowest BCUT2D eigenvalue weighted by Crippen LogP contribution is -2.23. The zero-order valence-corrected chi connectivity index (χ0v) is 15.0. The van der Waals surface area contributed by atoms with E-state index in [0.717, 1.165) is 6.07 Å². The highest BCUT2D eigenvalue weighted by molar-refractivity contribution is 6.30. The third-order valence-corrected chi connectivity index (χ3v) is 3.73. The number of nitrogens with one attached hydrogen (secondary N) is 1. The summed E-state index contributed by atoms with van der Waals surface area (Å²) in [4.78, 5) is 12.2. The number of hydrogen-bond donors (Lipinski definition) is 2. The second-order valence-corrected chi connectivity index (χ2v) is 5.67. The van der Waals surface area contributed by atoms with Gasteiger partial charge in [-0.2, -0.15) is 0 Å². The van der Waals surface area contributed by atoms with Gasteiger partial charge in [0.1, 0.15) is 23.9 Å². The quantitative estimate of drug-likeness (QED) is 0.682. The highest BCUT2D eigenvalue weighted by atomic mass is 35.5. The Hall–Kier alpha value is -2.51. The molecular formula is C18H19ClFNO5. The van der Waals surface area contributed by atoms with Crippen LogP contribution in [0, 0.1) is 5.82 Å². The van der Waals surface area contributed by atoms with Crippen molar-refractivity contribution in [2.24, 2.45) is 0 Å². The minimum atomic E-state index is -1.10. The first-order valence-electron chi connectivity index (χ1n) is 7.70. The maximum Gasteiger partial charge on any atom is 0.333 e. The number of anilines is 1. The summed E-state index contributed by atoms with van der Waals surface area (Å²) in [5.41, 5.74) is 0.531. The van der Waals surface area contributed by atoms with Crippen molar-refractivity contribution < 1.29 is 28.5 Å². The number of methoxy groups -OCH3 is 2. The fourth-order valence-electron chi connectivity index (χ4n) is 2.30. The van der Waals surface area contributed by atoms with Crippen LogP contribution in [0.25, 0.3) is 0 Å². The van der Waals surface area contributed by atoms with Crippen molar-refractivity contribution in [1.29, 1.82) is 0 Å². The third kappa shape index (κ3) is 5.00. The number of aliphatic hydroxyl groups excluding tert-OH is 1. The second-order valence-electron chi connectivity index (χ2n) is 5.24. The summed E-state index contributed by atoms with van der Waals surface area (Å²) in [5, 5.41) is 12.0. The van der Waals surface area contributed by atoms with Crippen molar-refractivity contribution in [3.8, 4) is 11.5 Å². The number of ether oxygens (including phenoxy) is 3. The van der Waals surface area contributed by atoms with Gasteiger partial charge in [-0.1, -0.05) is 17.7 Å². The van der Waals surface area contributed by atoms with Gasteiger partial charge in [0.15, 0.2) is 6.04 Å². The number of rotatable bonds is 8. The van der Waals surface area contributed by atoms with Crippen LogP contribution < -0.4 is 14.8 Å². The van der Waals surface area contributed by atoms with Gasteiger partial charge in [-0.15, -0.1) is 0 Å². The molecule has 2 aromatic carbocycles. The Morgan fingerprint density at radius 1 is 1.23 bits per heavy atom. The molecule has 2 N–H and O–H groups in total. The molecule has 0 fully saturated rings. The standard InChI is InChI=1S/C18H19ClFNO5/c1-24-13-8-12(9-14(10-13)26-6-5-22)21-17(18(23)25-2)15-4-3-11(19)7-16(15)20/h3-4,7-10,17,21-22H,5-6H2,1-2H3. The molecule has 1 atom stereocenters. The van der Waals surface area contributed by atoms with Gasteiger partial charge in [0, 0.05) is 34.5 Å². The van der Waals surface area contributed by atoms with E-state index in [1.165, 1.54) is 26.4 Å². The summed E-state index contributed by atoms with van der Waals surface area (Å²) >= 11 is 5.77. The summed E-state index contributed by atoms with van der Waals surface area (Å²) in [6.07, 6.45) is 0. The smallest absolute Gasteiger partial charge is 0.333 e. The second kappa shape index (κ2) is 9.26. The Bertz CT molecular complexity index is 771. The fourth-order valence-corrected chi connectivity index (χ4v) is 2.46. The van der Waals surface area contributed by atoms with Gasteiger partial charge in [0.2, 0.25) is 0 Å². The van der Waals surface area contributed by atoms with E-state index in [2.05, 4.69) is 5.32 Å². The highest BCUT2D eigenvalue weighted by Gasteiger charge is 2.25. The van der Waals surface area contributed by atoms with Gasteiger partial charge < -0.3 is 24.6 Å². The Morgan fingerprint density at radius 3 is 2.58 bits per heavy atom. The van der Waals surface area contributed by atoms with Crippen molar-refractivity contribution in [2.75, 3.05) is 32.8 Å². The maximum atomic E-state index is 14.3. The molecule has 0 aliphatic carbocycles. The van der Waals surface area contributed by atoms with Gasteiger partial charge in [-0.05, 0) is 12.1 Å². The van der Waals surface area contributed by atoms with E-state index >= 15 is 0 Å². The minimum Gasteiger partial charge on any atom is -0.497 e. The van der Waals surface area contributed by atoms with Crippen molar-refractivity contribution in [1.82, 2.24) is 0 Å². The third-order valence-electron chi connectivity index (χ3n) is 3.50. The van der Waals surface area contributed by atoms with Gasteiger partial charge in [0.05, 0.1) is 20.8 Å². The summed E-state index contributed by atoms with van der Waals surface area (Å²) < 4.78 is 29.6. The zero-order valence-electron chi connectivity index (χ0n) is 14.3. The predicted octanol–water partition coefficient (Wildman–Crippen LogP) is 3.19. The largest absolute Gasteiger partial charge is 0.497 e. The van der Waals surface area contributed by atoms with Crippen LogP contribution in [0.4, 0.5) is 10.1 Å². The molecule has 0 radical (unpaired) electrons. The Kier molecular flexibility index (Phi) is 7.06. The fraction of sp³-hybridized carbons (Fsp3) is 0.278. The van der Waals surface area contributed by atoms with Crippen molar-refractivity contribution in [3.63, 3.8) is 0 Å². The maximum absolute atomic E-state index is 14.3. The molecule has 0 bridgehead atoms. The van der Waals surface area contributed by atoms with Crippen LogP contribution in [0.1, 0.15) is 11.6 Å². The van der Waals surface area contributed by atoms with Crippen LogP contribution in [0.5, 0.6) is 11.5 Å². The molecule has 2 rings (SSSR count). The summed E-state index contributed by atoms with van der Waals surface area (Å²) in [5.74, 6) is -0.434. The number of aliphatic hydroxyl groups is 1. The molecule has 6 nitrogen and oxygen atoms in total. The molecule has 140 valence electrons. The average molecular weight is 384 g/mol. The van der Waals surface area contributed by atoms with Gasteiger partial charge in [-0.3, -0.25) is 0 Å². The van der Waals surface area contributed by atoms with Crippen LogP contribution in [0.15, 0.2) is 36.4 Å². The lowest BCUT2D eigenvalue weighted by atomic mass is 10.1. The average Bonchev–Trinajstić information content (AvgIpc) is 2.64. The predicted molar refractivity (Wildman–Crippen MR) is 95.4 cm³/mol. The Balaban J connectivity index is 2.37. The van der Waals surface area contributed by atoms with Gasteiger partial charge >= 0.3 is 5.97 Å². The lowest BCUT2D eigenvalue weighted by molar-refractivity contribution is -0.141. The van der Waals surface area contributed by atoms with Crippen LogP contribution in [-0.4, -0.2) is 38.5 Å². The topological polar surface area (TPSA) is 77.0 Å². The normalized spacial score (nSPS) is 11.6. The Morgan fingerprint density at radius 2 is 1.96 bits per heavy atom. The number of hydrogen-bond acceptors (Lipinski definition) is 6. The van der Waals surface area contributed by atoms with E-state index in [4.69, 9.17) is 30.9 Å². The van der Waals surface area contributed by atoms with Crippen LogP contribution in [0.2, 0.25) is 5.02 Å². The molecule has 0 aliphatic heterocycles. The number of esters is 1. The molecule has 0 spiro atoms. The van der Waals surface area contributed by atoms with E-state index in [1.807, 2.05) is 0 Å². The first kappa shape index (κ1) is 19.8. The van der Waals surface area contributed by atoms with E-state index < -0.39 is 17.8 Å². The molecule has 8 heteroatoms. The molecule has 26 heavy (non-hydrogen) atoms. The van der Waals surface area contributed by atoms with Crippen LogP contribution in [0.3, 0.4) is 0 Å². The first-order valence-corrected chi connectivity index (χ1v) is 8.08. The SMILES string of the molecule is COC(=O)C(Nc1cc(OC)cc(OCCO)c1)c1ccc(Cl)cc1F. The zero-order chi connectivity index (χ0) is 19.1. The van der Waals surface area contributed by atoms with Crippen LogP contribution in [-0.2, 0) is 9.53 Å². The molecule has 0 saturated carbocycles. The highest BCUT2D eigenvalue weighted by Crippen LogP contribution is 2.30. The number of halogens is 2. The lowest BCUT2D eigenvalue weighted by Gasteiger charge is -2.20. The summed E-state index contributed by atoms with van der Waals surface area (Å²) in [6.45, 7) is -0.0560. The molecule has 1 unspecified atom stereocenters. The monoisotopic (exact) mass is 383 g/mol. The number of carbonyl (C=O) groups is 1. The van der Waals surface area contributed by atoms with Crippen molar-refractivity contribution in [2.45, 2.75) is 6.04 Å². The molecule has 0 aromatic heterocycles. The number of benzene rings is 2. The molecule has 2 aromatic rings. The molecule has 0 amide bonds. The van der Waals surface area contributed by atoms with E-state index in [1.54, 1.807) is 18.2 Å². The molecule has 0 aliphatic rings. The summed E-state index contributed by atoms with van der Waals surface area (Å²) in [6, 6.07) is 7.76. The van der Waals surface area contributed by atoms with E-state index in [0.29, 0.717) is 17.2 Å². The molecule has 0 heterocycles. The first-order chi connectivity index (χ1) is 12.5. The van der Waals surface area contributed by atoms with E-state index in [-0.39, 0.29) is 23.8 Å². The van der Waals surface area contributed by atoms with E-state index in [9.17, 15) is 9.18 Å². The molecule has 0 saturated heterocycles. The summed E-state index contributed by atoms with van der Waals surface area (Å²) in [7, 11) is 2.69. The Labute approximate surface area is 155 Å². The number of carbonyl (C=O) groups excluding carboxylic acids is 1. The van der Waals surface area contributed by atoms with Crippen molar-refractivity contribution >= 4 is 23.3 Å². The van der Waals surface area contributed by atoms with Crippen LogP contribution >= 0.6 is 11.6 Å². The van der Waals surface area contributed by atoms with Crippen molar-refractivity contribution in [3.05, 3.63) is 52.8 Å². The molecular weight excluding hydrogens is 365 g/mol. The van der Waals surface area contributed by atoms with Gasteiger partial charge in [-0.25, -0.2) is 9.18 Å².